The van der Waals surface area contributed by atoms with Gasteiger partial charge in [-0.25, -0.2) is 4.39 Å². The summed E-state index contributed by atoms with van der Waals surface area (Å²) in [7, 11) is 0. The Kier molecular flexibility index (Phi) is 3.85. The van der Waals surface area contributed by atoms with Gasteiger partial charge in [-0.3, -0.25) is 5.01 Å². The number of nitrogens with zero attached hydrogens (tertiary/aromatic N) is 1. The first kappa shape index (κ1) is 13.9. The number of hydrazine groups is 1. The lowest BCUT2D eigenvalue weighted by Crippen LogP contribution is -2.43. The molecule has 2 nitrogen and oxygen atoms in total. The van der Waals surface area contributed by atoms with Crippen molar-refractivity contribution in [1.82, 2.24) is 10.4 Å². The molecule has 0 saturated carbocycles. The Morgan fingerprint density at radius 1 is 1.26 bits per heavy atom. The molecule has 0 amide bonds. The molecule has 0 aliphatic carbocycles. The maximum Gasteiger partial charge on any atom is 0.126 e. The minimum atomic E-state index is -0.215. The summed E-state index contributed by atoms with van der Waals surface area (Å²) in [6, 6.07) is 6.62. The zero-order valence-electron chi connectivity index (χ0n) is 11.4. The highest BCUT2D eigenvalue weighted by Crippen LogP contribution is 2.28. The number of hydrogen-bond acceptors (Lipinski definition) is 2. The Bertz CT molecular complexity index is 517. The van der Waals surface area contributed by atoms with Gasteiger partial charge in [-0.05, 0) is 36.3 Å². The molecule has 2 rings (SSSR count). The van der Waals surface area contributed by atoms with E-state index in [1.54, 1.807) is 0 Å². The second-order valence-corrected chi connectivity index (χ2v) is 5.77. The number of nitrogens with one attached hydrogen (secondary N) is 1. The van der Waals surface area contributed by atoms with E-state index in [2.05, 4.69) is 19.3 Å². The average Bonchev–Trinajstić information content (AvgIpc) is 2.35. The fourth-order valence-electron chi connectivity index (χ4n) is 2.09. The summed E-state index contributed by atoms with van der Waals surface area (Å²) < 4.78 is 13.0. The summed E-state index contributed by atoms with van der Waals surface area (Å²) in [4.78, 5) is 0. The van der Waals surface area contributed by atoms with Gasteiger partial charge in [0.1, 0.15) is 11.0 Å². The van der Waals surface area contributed by atoms with E-state index in [4.69, 9.17) is 11.6 Å². The van der Waals surface area contributed by atoms with E-state index in [1.165, 1.54) is 12.1 Å². The molecule has 1 N–H and O–H groups in total. The van der Waals surface area contributed by atoms with E-state index in [0.29, 0.717) is 11.7 Å². The van der Waals surface area contributed by atoms with Crippen molar-refractivity contribution in [2.45, 2.75) is 26.2 Å². The van der Waals surface area contributed by atoms with E-state index in [-0.39, 0.29) is 11.2 Å². The lowest BCUT2D eigenvalue weighted by molar-refractivity contribution is 0.241. The second kappa shape index (κ2) is 5.25. The van der Waals surface area contributed by atoms with Crippen molar-refractivity contribution in [2.24, 2.45) is 0 Å². The van der Waals surface area contributed by atoms with Crippen LogP contribution in [0.1, 0.15) is 26.3 Å². The summed E-state index contributed by atoms with van der Waals surface area (Å²) >= 11 is 6.28. The minimum absolute atomic E-state index is 0.147. The predicted molar refractivity (Wildman–Crippen MR) is 77.0 cm³/mol. The second-order valence-electron chi connectivity index (χ2n) is 5.41. The molecule has 0 saturated heterocycles. The average molecular weight is 281 g/mol. The van der Waals surface area contributed by atoms with Crippen LogP contribution in [-0.4, -0.2) is 11.6 Å². The van der Waals surface area contributed by atoms with Gasteiger partial charge in [0, 0.05) is 18.2 Å². The molecule has 0 radical (unpaired) electrons. The molecular weight excluding hydrogens is 263 g/mol. The van der Waals surface area contributed by atoms with Crippen LogP contribution in [0.4, 0.5) is 4.39 Å². The summed E-state index contributed by atoms with van der Waals surface area (Å²) in [5, 5.41) is 2.60. The van der Waals surface area contributed by atoms with E-state index in [9.17, 15) is 4.39 Å². The van der Waals surface area contributed by atoms with Gasteiger partial charge < -0.3 is 5.43 Å². The Balaban J connectivity index is 2.18. The number of hydrogen-bond donors (Lipinski definition) is 1. The first-order chi connectivity index (χ1) is 8.90. The van der Waals surface area contributed by atoms with Crippen molar-refractivity contribution in [3.05, 3.63) is 58.7 Å². The molecule has 1 aliphatic rings. The van der Waals surface area contributed by atoms with Crippen molar-refractivity contribution in [1.29, 1.82) is 0 Å². The smallest absolute Gasteiger partial charge is 0.126 e. The Morgan fingerprint density at radius 2 is 1.89 bits per heavy atom. The fourth-order valence-corrected chi connectivity index (χ4v) is 2.26. The van der Waals surface area contributed by atoms with Crippen LogP contribution >= 0.6 is 11.6 Å². The number of benzene rings is 1. The number of rotatable bonds is 3. The summed E-state index contributed by atoms with van der Waals surface area (Å²) in [5.74, 6) is -0.215. The quantitative estimate of drug-likeness (QED) is 0.845. The molecule has 1 aliphatic heterocycles. The van der Waals surface area contributed by atoms with Crippen molar-refractivity contribution < 1.29 is 4.39 Å². The van der Waals surface area contributed by atoms with Gasteiger partial charge >= 0.3 is 0 Å². The highest BCUT2D eigenvalue weighted by Gasteiger charge is 2.26. The largest absolute Gasteiger partial charge is 0.305 e. The molecule has 1 aromatic rings. The molecule has 0 bridgehead atoms. The summed E-state index contributed by atoms with van der Waals surface area (Å²) in [5.41, 5.74) is 5.08. The Morgan fingerprint density at radius 3 is 2.53 bits per heavy atom. The van der Waals surface area contributed by atoms with Crippen LogP contribution < -0.4 is 5.43 Å². The number of halogens is 2. The van der Waals surface area contributed by atoms with Gasteiger partial charge in [0.05, 0.1) is 0 Å². The summed E-state index contributed by atoms with van der Waals surface area (Å²) in [6.07, 6.45) is 3.80. The highest BCUT2D eigenvalue weighted by molar-refractivity contribution is 6.29. The van der Waals surface area contributed by atoms with Gasteiger partial charge in [0.2, 0.25) is 0 Å². The molecule has 1 aromatic carbocycles. The molecule has 0 aromatic heterocycles. The standard InChI is InChI=1S/C15H18ClFN2/c1-11-8-9-18-19(14(11)16)10-15(2,3)12-4-6-13(17)7-5-12/h4-9,18H,10H2,1-3H3. The van der Waals surface area contributed by atoms with E-state index in [1.807, 2.05) is 36.3 Å². The van der Waals surface area contributed by atoms with Gasteiger partial charge in [0.25, 0.3) is 0 Å². The third-order valence-electron chi connectivity index (χ3n) is 3.31. The lowest BCUT2D eigenvalue weighted by Gasteiger charge is -2.35. The molecule has 19 heavy (non-hydrogen) atoms. The number of allylic oxidation sites excluding steroid dienone is 2. The SMILES string of the molecule is CC1=C(Cl)N(CC(C)(C)c2ccc(F)cc2)NC=C1. The Hall–Kier alpha value is -1.48. The van der Waals surface area contributed by atoms with Crippen LogP contribution in [0.15, 0.2) is 47.3 Å². The van der Waals surface area contributed by atoms with E-state index in [0.717, 1.165) is 11.1 Å². The zero-order chi connectivity index (χ0) is 14.0. The van der Waals surface area contributed by atoms with Gasteiger partial charge in [-0.1, -0.05) is 37.6 Å². The Labute approximate surface area is 118 Å². The maximum absolute atomic E-state index is 13.0. The molecule has 0 atom stereocenters. The lowest BCUT2D eigenvalue weighted by atomic mass is 9.84. The molecule has 1 heterocycles. The summed E-state index contributed by atoms with van der Waals surface area (Å²) in [6.45, 7) is 6.89. The molecule has 0 spiro atoms. The monoisotopic (exact) mass is 280 g/mol. The van der Waals surface area contributed by atoms with E-state index < -0.39 is 0 Å². The van der Waals surface area contributed by atoms with Crippen LogP contribution in [0.3, 0.4) is 0 Å². The molecule has 102 valence electrons. The van der Waals surface area contributed by atoms with Crippen molar-refractivity contribution >= 4 is 11.6 Å². The third kappa shape index (κ3) is 3.10. The van der Waals surface area contributed by atoms with Crippen LogP contribution in [0, 0.1) is 5.82 Å². The zero-order valence-corrected chi connectivity index (χ0v) is 12.1. The predicted octanol–water partition coefficient (Wildman–Crippen LogP) is 3.91. The van der Waals surface area contributed by atoms with Gasteiger partial charge in [-0.2, -0.15) is 0 Å². The third-order valence-corrected chi connectivity index (χ3v) is 3.81. The van der Waals surface area contributed by atoms with Crippen LogP contribution in [0.2, 0.25) is 0 Å². The molecule has 0 unspecified atom stereocenters. The van der Waals surface area contributed by atoms with Crippen molar-refractivity contribution in [2.75, 3.05) is 6.54 Å². The van der Waals surface area contributed by atoms with Crippen LogP contribution in [-0.2, 0) is 5.41 Å². The van der Waals surface area contributed by atoms with Gasteiger partial charge in [-0.15, -0.1) is 0 Å². The van der Waals surface area contributed by atoms with E-state index >= 15 is 0 Å². The van der Waals surface area contributed by atoms with Crippen molar-refractivity contribution in [3.8, 4) is 0 Å². The van der Waals surface area contributed by atoms with Gasteiger partial charge in [0.15, 0.2) is 0 Å². The normalized spacial score (nSPS) is 15.7. The maximum atomic E-state index is 13.0. The van der Waals surface area contributed by atoms with Crippen molar-refractivity contribution in [3.63, 3.8) is 0 Å². The van der Waals surface area contributed by atoms with Crippen LogP contribution in [0.25, 0.3) is 0 Å². The molecule has 4 heteroatoms. The first-order valence-corrected chi connectivity index (χ1v) is 6.60. The topological polar surface area (TPSA) is 15.3 Å². The first-order valence-electron chi connectivity index (χ1n) is 6.23. The minimum Gasteiger partial charge on any atom is -0.305 e. The van der Waals surface area contributed by atoms with Crippen LogP contribution in [0.5, 0.6) is 0 Å². The molecular formula is C15H18ClFN2. The highest BCUT2D eigenvalue weighted by atomic mass is 35.5. The fraction of sp³-hybridized carbons (Fsp3) is 0.333. The molecule has 0 fully saturated rings.